The summed E-state index contributed by atoms with van der Waals surface area (Å²) in [6, 6.07) is 2.10. The normalized spacial score (nSPS) is 11.7. The summed E-state index contributed by atoms with van der Waals surface area (Å²) in [6.07, 6.45) is 7.49. The maximum atomic E-state index is 4.44. The molecule has 1 N–H and O–H groups in total. The van der Waals surface area contributed by atoms with E-state index in [4.69, 9.17) is 0 Å². The van der Waals surface area contributed by atoms with Gasteiger partial charge in [0, 0.05) is 42.8 Å². The molecule has 0 aliphatic rings. The van der Waals surface area contributed by atoms with Gasteiger partial charge in [0.2, 0.25) is 0 Å². The van der Waals surface area contributed by atoms with Gasteiger partial charge in [0.25, 0.3) is 0 Å². The molecule has 0 atom stereocenters. The Labute approximate surface area is 108 Å². The molecular weight excluding hydrogens is 240 g/mol. The van der Waals surface area contributed by atoms with Gasteiger partial charge in [-0.15, -0.1) is 0 Å². The molecule has 0 aliphatic heterocycles. The number of aromatic amines is 1. The lowest BCUT2D eigenvalue weighted by Gasteiger charge is -1.94. The molecule has 4 heterocycles. The highest BCUT2D eigenvalue weighted by Crippen LogP contribution is 2.27. The lowest BCUT2D eigenvalue weighted by molar-refractivity contribution is 0.768. The van der Waals surface area contributed by atoms with Crippen LogP contribution in [0.15, 0.2) is 30.9 Å². The summed E-state index contributed by atoms with van der Waals surface area (Å²) in [5, 5.41) is 10.6. The van der Waals surface area contributed by atoms with Crippen LogP contribution in [-0.4, -0.2) is 29.5 Å². The molecule has 0 aromatic carbocycles. The summed E-state index contributed by atoms with van der Waals surface area (Å²) in [4.78, 5) is 7.77. The average Bonchev–Trinajstić information content (AvgIpc) is 3.06. The molecule has 0 bridgehead atoms. The van der Waals surface area contributed by atoms with Gasteiger partial charge in [-0.1, -0.05) is 0 Å². The second-order valence-electron chi connectivity index (χ2n) is 4.68. The van der Waals surface area contributed by atoms with Crippen molar-refractivity contribution in [2.75, 3.05) is 0 Å². The fourth-order valence-electron chi connectivity index (χ4n) is 2.45. The van der Waals surface area contributed by atoms with Crippen LogP contribution in [0.3, 0.4) is 0 Å². The van der Waals surface area contributed by atoms with Crippen molar-refractivity contribution in [3.8, 4) is 11.3 Å². The van der Waals surface area contributed by atoms with Crippen LogP contribution >= 0.6 is 0 Å². The number of hydrogen-bond donors (Lipinski definition) is 1. The van der Waals surface area contributed by atoms with Gasteiger partial charge < -0.3 is 4.98 Å². The van der Waals surface area contributed by atoms with E-state index in [1.807, 2.05) is 43.6 Å². The van der Waals surface area contributed by atoms with Gasteiger partial charge in [-0.3, -0.25) is 9.36 Å². The third kappa shape index (κ3) is 1.40. The van der Waals surface area contributed by atoms with Crippen molar-refractivity contribution in [1.29, 1.82) is 0 Å². The predicted octanol–water partition coefficient (Wildman–Crippen LogP) is 1.85. The van der Waals surface area contributed by atoms with Crippen LogP contribution in [0.5, 0.6) is 0 Å². The Morgan fingerprint density at radius 3 is 2.79 bits per heavy atom. The molecule has 94 valence electrons. The van der Waals surface area contributed by atoms with Crippen molar-refractivity contribution >= 4 is 21.9 Å². The molecule has 0 spiro atoms. The second kappa shape index (κ2) is 3.44. The number of rotatable bonds is 1. The third-order valence-electron chi connectivity index (χ3n) is 3.37. The van der Waals surface area contributed by atoms with Crippen LogP contribution in [-0.2, 0) is 14.1 Å². The maximum Gasteiger partial charge on any atom is 0.139 e. The lowest BCUT2D eigenvalue weighted by atomic mass is 10.2. The van der Waals surface area contributed by atoms with E-state index in [1.165, 1.54) is 0 Å². The Balaban J connectivity index is 2.05. The van der Waals surface area contributed by atoms with Crippen LogP contribution in [0.1, 0.15) is 0 Å². The molecule has 0 saturated carbocycles. The molecule has 19 heavy (non-hydrogen) atoms. The van der Waals surface area contributed by atoms with Gasteiger partial charge in [-0.25, -0.2) is 4.98 Å². The zero-order chi connectivity index (χ0) is 13.0. The monoisotopic (exact) mass is 252 g/mol. The highest BCUT2D eigenvalue weighted by atomic mass is 15.3. The van der Waals surface area contributed by atoms with Gasteiger partial charge >= 0.3 is 0 Å². The molecule has 6 nitrogen and oxygen atoms in total. The molecule has 0 aliphatic carbocycles. The minimum absolute atomic E-state index is 0.870. The molecule has 0 fully saturated rings. The number of aryl methyl sites for hydroxylation is 2. The standard InChI is InChI=1S/C13H12N6/c1-18-7-9(6-15-18)11-3-10-12-8(5-16-19(12)2)4-14-13(10)17-11/h3-7H,1-2H3,(H,14,17). The van der Waals surface area contributed by atoms with Crippen molar-refractivity contribution in [2.45, 2.75) is 0 Å². The number of nitrogens with one attached hydrogen (secondary N) is 1. The highest BCUT2D eigenvalue weighted by molar-refractivity contribution is 6.04. The molecule has 4 aromatic heterocycles. The van der Waals surface area contributed by atoms with Gasteiger partial charge in [-0.05, 0) is 6.07 Å². The van der Waals surface area contributed by atoms with E-state index in [1.54, 1.807) is 4.68 Å². The number of nitrogens with zero attached hydrogens (tertiary/aromatic N) is 5. The quantitative estimate of drug-likeness (QED) is 0.562. The first-order valence-electron chi connectivity index (χ1n) is 6.01. The summed E-state index contributed by atoms with van der Waals surface area (Å²) in [5.41, 5.74) is 4.03. The van der Waals surface area contributed by atoms with E-state index < -0.39 is 0 Å². The number of aromatic nitrogens is 6. The van der Waals surface area contributed by atoms with Crippen molar-refractivity contribution in [1.82, 2.24) is 29.5 Å². The Bertz CT molecular complexity index is 894. The predicted molar refractivity (Wildman–Crippen MR) is 72.6 cm³/mol. The molecule has 4 aromatic rings. The van der Waals surface area contributed by atoms with Crippen LogP contribution in [0.25, 0.3) is 33.2 Å². The topological polar surface area (TPSA) is 64.3 Å². The van der Waals surface area contributed by atoms with E-state index in [-0.39, 0.29) is 0 Å². The number of pyridine rings is 1. The Morgan fingerprint density at radius 1 is 1.11 bits per heavy atom. The molecule has 0 unspecified atom stereocenters. The Hall–Kier alpha value is -2.63. The lowest BCUT2D eigenvalue weighted by Crippen LogP contribution is -1.89. The smallest absolute Gasteiger partial charge is 0.139 e. The largest absolute Gasteiger partial charge is 0.339 e. The van der Waals surface area contributed by atoms with Gasteiger partial charge in [0.05, 0.1) is 23.6 Å². The van der Waals surface area contributed by atoms with Crippen molar-refractivity contribution in [3.63, 3.8) is 0 Å². The van der Waals surface area contributed by atoms with E-state index in [0.29, 0.717) is 0 Å². The second-order valence-corrected chi connectivity index (χ2v) is 4.68. The summed E-state index contributed by atoms with van der Waals surface area (Å²) in [5.74, 6) is 0. The number of H-pyrrole nitrogens is 1. The summed E-state index contributed by atoms with van der Waals surface area (Å²) >= 11 is 0. The van der Waals surface area contributed by atoms with E-state index in [9.17, 15) is 0 Å². The fourth-order valence-corrected chi connectivity index (χ4v) is 2.45. The Morgan fingerprint density at radius 2 is 2.00 bits per heavy atom. The van der Waals surface area contributed by atoms with Crippen LogP contribution in [0.2, 0.25) is 0 Å². The third-order valence-corrected chi connectivity index (χ3v) is 3.37. The molecule has 0 radical (unpaired) electrons. The van der Waals surface area contributed by atoms with Crippen LogP contribution in [0.4, 0.5) is 0 Å². The molecule has 4 rings (SSSR count). The fraction of sp³-hybridized carbons (Fsp3) is 0.154. The zero-order valence-corrected chi connectivity index (χ0v) is 10.6. The van der Waals surface area contributed by atoms with Gasteiger partial charge in [-0.2, -0.15) is 10.2 Å². The maximum absolute atomic E-state index is 4.44. The highest BCUT2D eigenvalue weighted by Gasteiger charge is 2.11. The molecule has 0 saturated heterocycles. The van der Waals surface area contributed by atoms with Crippen LogP contribution in [0, 0.1) is 0 Å². The first kappa shape index (κ1) is 10.3. The first-order chi connectivity index (χ1) is 9.22. The van der Waals surface area contributed by atoms with Gasteiger partial charge in [0.1, 0.15) is 5.65 Å². The van der Waals surface area contributed by atoms with Gasteiger partial charge in [0.15, 0.2) is 0 Å². The van der Waals surface area contributed by atoms with Crippen molar-refractivity contribution in [2.24, 2.45) is 14.1 Å². The minimum Gasteiger partial charge on any atom is -0.339 e. The van der Waals surface area contributed by atoms with E-state index in [2.05, 4.69) is 26.2 Å². The molecule has 0 amide bonds. The molecular formula is C13H12N6. The first-order valence-corrected chi connectivity index (χ1v) is 6.01. The average molecular weight is 252 g/mol. The SMILES string of the molecule is Cn1cc(-c2cc3c(ncc4cnn(C)c43)[nH]2)cn1. The van der Waals surface area contributed by atoms with Crippen molar-refractivity contribution in [3.05, 3.63) is 30.9 Å². The number of hydrogen-bond acceptors (Lipinski definition) is 3. The zero-order valence-electron chi connectivity index (χ0n) is 10.6. The van der Waals surface area contributed by atoms with Crippen molar-refractivity contribution < 1.29 is 0 Å². The summed E-state index contributed by atoms with van der Waals surface area (Å²) in [7, 11) is 3.85. The van der Waals surface area contributed by atoms with Crippen LogP contribution < -0.4 is 0 Å². The Kier molecular flexibility index (Phi) is 1.87. The van der Waals surface area contributed by atoms with E-state index in [0.717, 1.165) is 33.2 Å². The summed E-state index contributed by atoms with van der Waals surface area (Å²) < 4.78 is 3.66. The molecule has 6 heteroatoms. The minimum atomic E-state index is 0.870. The van der Waals surface area contributed by atoms with E-state index >= 15 is 0 Å². The number of fused-ring (bicyclic) bond motifs is 3. The summed E-state index contributed by atoms with van der Waals surface area (Å²) in [6.45, 7) is 0.